The molecule has 2 atom stereocenters. The van der Waals surface area contributed by atoms with Crippen molar-refractivity contribution in [1.82, 2.24) is 5.32 Å². The van der Waals surface area contributed by atoms with Crippen LogP contribution in [0.25, 0.3) is 0 Å². The summed E-state index contributed by atoms with van der Waals surface area (Å²) in [6.07, 6.45) is 5.45. The first-order valence-electron chi connectivity index (χ1n) is 7.63. The van der Waals surface area contributed by atoms with E-state index >= 15 is 0 Å². The molecule has 1 aromatic carbocycles. The predicted molar refractivity (Wildman–Crippen MR) is 80.8 cm³/mol. The first-order valence-corrected chi connectivity index (χ1v) is 7.63. The van der Waals surface area contributed by atoms with E-state index < -0.39 is 11.9 Å². The number of hydrogen-bond donors (Lipinski definition) is 2. The van der Waals surface area contributed by atoms with Gasteiger partial charge < -0.3 is 10.4 Å². The summed E-state index contributed by atoms with van der Waals surface area (Å²) in [5, 5.41) is 12.6. The summed E-state index contributed by atoms with van der Waals surface area (Å²) < 4.78 is 0. The second-order valence-electron chi connectivity index (χ2n) is 6.02. The Labute approximate surface area is 121 Å². The van der Waals surface area contributed by atoms with Crippen LogP contribution in [0.5, 0.6) is 0 Å². The largest absolute Gasteiger partial charge is 0.481 e. The van der Waals surface area contributed by atoms with Gasteiger partial charge in [0.05, 0.1) is 5.92 Å². The van der Waals surface area contributed by atoms with Crippen LogP contribution < -0.4 is 5.32 Å². The van der Waals surface area contributed by atoms with Crippen molar-refractivity contribution in [1.29, 1.82) is 0 Å². The van der Waals surface area contributed by atoms with Gasteiger partial charge in [0.25, 0.3) is 0 Å². The van der Waals surface area contributed by atoms with E-state index in [1.807, 2.05) is 24.3 Å². The molecule has 2 rings (SSSR count). The Kier molecular flexibility index (Phi) is 5.18. The van der Waals surface area contributed by atoms with Crippen LogP contribution in [0.2, 0.25) is 0 Å². The fraction of sp³-hybridized carbons (Fsp3) is 0.588. The van der Waals surface area contributed by atoms with Gasteiger partial charge in [-0.1, -0.05) is 37.1 Å². The summed E-state index contributed by atoms with van der Waals surface area (Å²) in [5.41, 5.74) is 2.08. The van der Waals surface area contributed by atoms with Gasteiger partial charge in [0, 0.05) is 12.6 Å². The lowest BCUT2D eigenvalue weighted by Gasteiger charge is -2.20. The Bertz CT molecular complexity index is 435. The van der Waals surface area contributed by atoms with E-state index in [9.17, 15) is 4.79 Å². The maximum atomic E-state index is 10.9. The SMILES string of the molecule is CC(C(=O)O)c1ccc(CN[C@@H](C)C2CCCC2)cc1. The molecule has 0 aromatic heterocycles. The Morgan fingerprint density at radius 1 is 1.25 bits per heavy atom. The molecule has 0 heterocycles. The Morgan fingerprint density at radius 3 is 2.40 bits per heavy atom. The second kappa shape index (κ2) is 6.89. The van der Waals surface area contributed by atoms with Gasteiger partial charge >= 0.3 is 5.97 Å². The molecule has 3 heteroatoms. The van der Waals surface area contributed by atoms with E-state index in [4.69, 9.17) is 5.11 Å². The number of aliphatic carboxylic acids is 1. The Balaban J connectivity index is 1.85. The highest BCUT2D eigenvalue weighted by molar-refractivity contribution is 5.75. The highest BCUT2D eigenvalue weighted by Gasteiger charge is 2.20. The van der Waals surface area contributed by atoms with Gasteiger partial charge in [-0.3, -0.25) is 4.79 Å². The van der Waals surface area contributed by atoms with E-state index in [0.717, 1.165) is 18.0 Å². The maximum absolute atomic E-state index is 10.9. The summed E-state index contributed by atoms with van der Waals surface area (Å²) in [7, 11) is 0. The number of benzene rings is 1. The minimum atomic E-state index is -0.772. The summed E-state index contributed by atoms with van der Waals surface area (Å²) in [5.74, 6) is -0.388. The van der Waals surface area contributed by atoms with Crippen LogP contribution in [-0.2, 0) is 11.3 Å². The molecular weight excluding hydrogens is 250 g/mol. The van der Waals surface area contributed by atoms with Crippen molar-refractivity contribution in [2.75, 3.05) is 0 Å². The lowest BCUT2D eigenvalue weighted by molar-refractivity contribution is -0.138. The highest BCUT2D eigenvalue weighted by atomic mass is 16.4. The van der Waals surface area contributed by atoms with Crippen LogP contribution in [-0.4, -0.2) is 17.1 Å². The minimum Gasteiger partial charge on any atom is -0.481 e. The molecule has 2 N–H and O–H groups in total. The minimum absolute atomic E-state index is 0.436. The third kappa shape index (κ3) is 3.83. The van der Waals surface area contributed by atoms with Crippen LogP contribution in [0.4, 0.5) is 0 Å². The van der Waals surface area contributed by atoms with Crippen molar-refractivity contribution >= 4 is 5.97 Å². The number of hydrogen-bond acceptors (Lipinski definition) is 2. The molecule has 0 spiro atoms. The average Bonchev–Trinajstić information content (AvgIpc) is 2.98. The summed E-state index contributed by atoms with van der Waals surface area (Å²) in [6.45, 7) is 4.86. The molecule has 1 unspecified atom stereocenters. The zero-order chi connectivity index (χ0) is 14.5. The Hall–Kier alpha value is -1.35. The number of nitrogens with one attached hydrogen (secondary N) is 1. The number of carboxylic acid groups (broad SMARTS) is 1. The van der Waals surface area contributed by atoms with Crippen molar-refractivity contribution in [2.45, 2.75) is 58.0 Å². The standard InChI is InChI=1S/C17H25NO2/c1-12(17(19)20)15-9-7-14(8-10-15)11-18-13(2)16-5-3-4-6-16/h7-10,12-13,16,18H,3-6,11H2,1-2H3,(H,19,20)/t12?,13-/m0/s1. The molecule has 0 radical (unpaired) electrons. The Morgan fingerprint density at radius 2 is 1.85 bits per heavy atom. The fourth-order valence-corrected chi connectivity index (χ4v) is 2.97. The molecule has 1 aliphatic rings. The molecule has 20 heavy (non-hydrogen) atoms. The van der Waals surface area contributed by atoms with E-state index in [-0.39, 0.29) is 0 Å². The first-order chi connectivity index (χ1) is 9.58. The zero-order valence-corrected chi connectivity index (χ0v) is 12.4. The fourth-order valence-electron chi connectivity index (χ4n) is 2.97. The molecular formula is C17H25NO2. The van der Waals surface area contributed by atoms with Gasteiger partial charge in [-0.05, 0) is 43.7 Å². The van der Waals surface area contributed by atoms with E-state index in [2.05, 4.69) is 12.2 Å². The molecule has 1 aliphatic carbocycles. The number of carbonyl (C=O) groups is 1. The van der Waals surface area contributed by atoms with Gasteiger partial charge in [0.15, 0.2) is 0 Å². The lowest BCUT2D eigenvalue weighted by Crippen LogP contribution is -2.31. The van der Waals surface area contributed by atoms with Crippen LogP contribution >= 0.6 is 0 Å². The molecule has 3 nitrogen and oxygen atoms in total. The summed E-state index contributed by atoms with van der Waals surface area (Å²) >= 11 is 0. The smallest absolute Gasteiger partial charge is 0.310 e. The lowest BCUT2D eigenvalue weighted by atomic mass is 9.98. The van der Waals surface area contributed by atoms with Gasteiger partial charge in [-0.25, -0.2) is 0 Å². The third-order valence-corrected chi connectivity index (χ3v) is 4.59. The molecule has 110 valence electrons. The monoisotopic (exact) mass is 275 g/mol. The molecule has 1 saturated carbocycles. The van der Waals surface area contributed by atoms with Crippen LogP contribution in [0, 0.1) is 5.92 Å². The highest BCUT2D eigenvalue weighted by Crippen LogP contribution is 2.27. The normalized spacial score (nSPS) is 18.9. The first kappa shape index (κ1) is 15.0. The molecule has 0 bridgehead atoms. The summed E-state index contributed by atoms with van der Waals surface area (Å²) in [6, 6.07) is 8.48. The van der Waals surface area contributed by atoms with Gasteiger partial charge in [0.2, 0.25) is 0 Å². The topological polar surface area (TPSA) is 49.3 Å². The van der Waals surface area contributed by atoms with Crippen molar-refractivity contribution in [2.24, 2.45) is 5.92 Å². The number of rotatable bonds is 6. The van der Waals surface area contributed by atoms with E-state index in [1.54, 1.807) is 6.92 Å². The van der Waals surface area contributed by atoms with Crippen molar-refractivity contribution in [3.63, 3.8) is 0 Å². The van der Waals surface area contributed by atoms with Gasteiger partial charge in [-0.2, -0.15) is 0 Å². The summed E-state index contributed by atoms with van der Waals surface area (Å²) in [4.78, 5) is 10.9. The van der Waals surface area contributed by atoms with Gasteiger partial charge in [0.1, 0.15) is 0 Å². The zero-order valence-electron chi connectivity index (χ0n) is 12.4. The van der Waals surface area contributed by atoms with Crippen LogP contribution in [0.15, 0.2) is 24.3 Å². The predicted octanol–water partition coefficient (Wildman–Crippen LogP) is 3.54. The van der Waals surface area contributed by atoms with Crippen LogP contribution in [0.3, 0.4) is 0 Å². The van der Waals surface area contributed by atoms with E-state index in [0.29, 0.717) is 6.04 Å². The van der Waals surface area contributed by atoms with Crippen LogP contribution in [0.1, 0.15) is 56.6 Å². The van der Waals surface area contributed by atoms with Gasteiger partial charge in [-0.15, -0.1) is 0 Å². The molecule has 1 aromatic rings. The maximum Gasteiger partial charge on any atom is 0.310 e. The second-order valence-corrected chi connectivity index (χ2v) is 6.02. The molecule has 0 amide bonds. The van der Waals surface area contributed by atoms with Crippen molar-refractivity contribution in [3.8, 4) is 0 Å². The number of carboxylic acids is 1. The van der Waals surface area contributed by atoms with Crippen molar-refractivity contribution in [3.05, 3.63) is 35.4 Å². The molecule has 0 saturated heterocycles. The van der Waals surface area contributed by atoms with Crippen molar-refractivity contribution < 1.29 is 9.90 Å². The average molecular weight is 275 g/mol. The molecule has 0 aliphatic heterocycles. The van der Waals surface area contributed by atoms with E-state index in [1.165, 1.54) is 31.2 Å². The third-order valence-electron chi connectivity index (χ3n) is 4.59. The molecule has 1 fully saturated rings. The quantitative estimate of drug-likeness (QED) is 0.835.